The van der Waals surface area contributed by atoms with Crippen molar-refractivity contribution < 1.29 is 18.8 Å². The number of hydrogen-bond acceptors (Lipinski definition) is 9. The van der Waals surface area contributed by atoms with Crippen molar-refractivity contribution in [2.45, 2.75) is 0 Å². The third-order valence-electron chi connectivity index (χ3n) is 5.07. The number of piperazine rings is 1. The topological polar surface area (TPSA) is 131 Å². The Bertz CT molecular complexity index is 1050. The molecule has 3 heterocycles. The van der Waals surface area contributed by atoms with Crippen molar-refractivity contribution in [3.8, 4) is 11.1 Å². The van der Waals surface area contributed by atoms with E-state index in [0.717, 1.165) is 22.5 Å². The van der Waals surface area contributed by atoms with Gasteiger partial charge in [-0.05, 0) is 17.7 Å². The number of rotatable bonds is 5. The van der Waals surface area contributed by atoms with Crippen LogP contribution in [0.4, 0.5) is 10.8 Å². The highest BCUT2D eigenvalue weighted by Gasteiger charge is 2.38. The van der Waals surface area contributed by atoms with Crippen molar-refractivity contribution in [1.82, 2.24) is 24.3 Å². The van der Waals surface area contributed by atoms with E-state index in [1.807, 2.05) is 29.2 Å². The summed E-state index contributed by atoms with van der Waals surface area (Å²) in [6.07, 6.45) is 6.26. The third kappa shape index (κ3) is 3.82. The quantitative estimate of drug-likeness (QED) is 0.260. The van der Waals surface area contributed by atoms with Crippen molar-refractivity contribution in [3.05, 3.63) is 54.1 Å². The fraction of sp³-hybridized carbons (Fsp3) is 0.222. The van der Waals surface area contributed by atoms with Gasteiger partial charge in [0.25, 0.3) is 5.91 Å². The van der Waals surface area contributed by atoms with Crippen molar-refractivity contribution in [1.29, 1.82) is 0 Å². The van der Waals surface area contributed by atoms with E-state index in [0.29, 0.717) is 37.0 Å². The Hall–Kier alpha value is -2.77. The van der Waals surface area contributed by atoms with Crippen molar-refractivity contribution in [3.63, 3.8) is 0 Å². The lowest BCUT2D eigenvalue weighted by Gasteiger charge is -2.44. The van der Waals surface area contributed by atoms with E-state index in [2.05, 4.69) is 15.0 Å². The lowest BCUT2D eigenvalue weighted by atomic mass is 10.1. The molecule has 4 rings (SSSR count). The molecular weight excluding hydrogens is 428 g/mol. The van der Waals surface area contributed by atoms with Gasteiger partial charge in [0, 0.05) is 30.1 Å². The summed E-state index contributed by atoms with van der Waals surface area (Å²) >= 11 is -1.22. The predicted octanol–water partition coefficient (Wildman–Crippen LogP) is 1.34. The van der Waals surface area contributed by atoms with Crippen LogP contribution in [0.2, 0.25) is 0 Å². The first-order chi connectivity index (χ1) is 14.5. The molecule has 3 aromatic rings. The van der Waals surface area contributed by atoms with Gasteiger partial charge in [0.2, 0.25) is 0 Å². The van der Waals surface area contributed by atoms with Crippen LogP contribution in [0, 0.1) is 0 Å². The molecular formula is C18H18N6O4S2. The molecule has 10 nitrogen and oxygen atoms in total. The summed E-state index contributed by atoms with van der Waals surface area (Å²) in [5.74, 6) is -0.620. The summed E-state index contributed by atoms with van der Waals surface area (Å²) in [6.45, 7) is 1.59. The number of amides is 1. The van der Waals surface area contributed by atoms with E-state index in [4.69, 9.17) is 5.21 Å². The highest BCUT2D eigenvalue weighted by atomic mass is 32.2. The Morgan fingerprint density at radius 2 is 1.80 bits per heavy atom. The molecule has 30 heavy (non-hydrogen) atoms. The molecule has 0 saturated carbocycles. The molecule has 1 aliphatic rings. The second kappa shape index (κ2) is 8.53. The zero-order valence-corrected chi connectivity index (χ0v) is 17.3. The molecule has 1 aliphatic heterocycles. The summed E-state index contributed by atoms with van der Waals surface area (Å²) in [7, 11) is 0. The zero-order chi connectivity index (χ0) is 21.1. The average Bonchev–Trinajstić information content (AvgIpc) is 3.29. The van der Waals surface area contributed by atoms with Crippen LogP contribution in [0.15, 0.2) is 49.2 Å². The molecule has 2 N–H and O–H groups in total. The minimum absolute atomic E-state index is 0.183. The van der Waals surface area contributed by atoms with Gasteiger partial charge < -0.3 is 9.45 Å². The standard InChI is InChI=1S/C18H18N6O4S2/c25-17(22-26)16-11-21-18(29-16)23-5-7-24(8-6-23,30(27)28)15-3-1-13(2-4-15)14-9-19-12-20-10-14/h1-4,9-12H,5-8H2,(H2-,22,25,26,27,28). The lowest BCUT2D eigenvalue weighted by Crippen LogP contribution is -2.61. The highest BCUT2D eigenvalue weighted by Crippen LogP contribution is 2.32. The molecule has 0 aliphatic carbocycles. The van der Waals surface area contributed by atoms with Crippen LogP contribution < -0.4 is 14.3 Å². The Kier molecular flexibility index (Phi) is 5.83. The third-order valence-corrected chi connectivity index (χ3v) is 7.27. The molecule has 2 aromatic heterocycles. The van der Waals surface area contributed by atoms with Gasteiger partial charge in [0.1, 0.15) is 30.0 Å². The molecule has 156 valence electrons. The van der Waals surface area contributed by atoms with Crippen LogP contribution in [-0.4, -0.2) is 61.0 Å². The number of thiazole rings is 1. The number of hydrogen-bond donors (Lipinski definition) is 2. The van der Waals surface area contributed by atoms with Crippen LogP contribution in [0.5, 0.6) is 0 Å². The first kappa shape index (κ1) is 20.5. The van der Waals surface area contributed by atoms with Crippen molar-refractivity contribution >= 4 is 39.3 Å². The Labute approximate surface area is 178 Å². The number of aromatic nitrogens is 3. The molecule has 0 spiro atoms. The van der Waals surface area contributed by atoms with Gasteiger partial charge in [0.15, 0.2) is 16.4 Å². The van der Waals surface area contributed by atoms with Gasteiger partial charge >= 0.3 is 0 Å². The van der Waals surface area contributed by atoms with Gasteiger partial charge in [-0.15, -0.1) is 0 Å². The minimum Gasteiger partial charge on any atom is -0.724 e. The zero-order valence-electron chi connectivity index (χ0n) is 15.7. The molecule has 1 aromatic carbocycles. The molecule has 1 amide bonds. The largest absolute Gasteiger partial charge is 0.724 e. The molecule has 0 bridgehead atoms. The maximum atomic E-state index is 12.2. The SMILES string of the molecule is O=C(NO)c1cnc(N2CC[N+](c3ccc(-c4cncnc4)cc3)(S(=O)[O-])CC2)s1. The van der Waals surface area contributed by atoms with E-state index in [9.17, 15) is 13.6 Å². The number of carbonyl (C=O) groups excluding carboxylic acids is 1. The Morgan fingerprint density at radius 1 is 1.13 bits per heavy atom. The number of carbonyl (C=O) groups is 1. The number of hydroxylamine groups is 1. The van der Waals surface area contributed by atoms with Crippen molar-refractivity contribution in [2.75, 3.05) is 31.1 Å². The van der Waals surface area contributed by atoms with E-state index in [1.54, 1.807) is 17.9 Å². The van der Waals surface area contributed by atoms with E-state index in [1.165, 1.54) is 12.5 Å². The monoisotopic (exact) mass is 446 g/mol. The van der Waals surface area contributed by atoms with Gasteiger partial charge in [-0.3, -0.25) is 10.0 Å². The highest BCUT2D eigenvalue weighted by molar-refractivity contribution is 7.78. The maximum absolute atomic E-state index is 12.2. The van der Waals surface area contributed by atoms with Crippen LogP contribution in [0.1, 0.15) is 9.67 Å². The van der Waals surface area contributed by atoms with Gasteiger partial charge in [-0.25, -0.2) is 28.5 Å². The number of anilines is 1. The number of benzene rings is 1. The smallest absolute Gasteiger partial charge is 0.286 e. The fourth-order valence-electron chi connectivity index (χ4n) is 3.42. The van der Waals surface area contributed by atoms with E-state index in [-0.39, 0.29) is 8.77 Å². The average molecular weight is 447 g/mol. The fourth-order valence-corrected chi connectivity index (χ4v) is 5.03. The van der Waals surface area contributed by atoms with Crippen LogP contribution in [0.3, 0.4) is 0 Å². The summed E-state index contributed by atoms with van der Waals surface area (Å²) < 4.78 is 24.3. The molecule has 1 atom stereocenters. The van der Waals surface area contributed by atoms with Crippen molar-refractivity contribution in [2.24, 2.45) is 0 Å². The van der Waals surface area contributed by atoms with Gasteiger partial charge in [-0.1, -0.05) is 11.3 Å². The number of quaternary nitrogens is 1. The second-order valence-electron chi connectivity index (χ2n) is 6.66. The molecule has 1 unspecified atom stereocenters. The molecule has 12 heteroatoms. The molecule has 0 radical (unpaired) electrons. The summed E-state index contributed by atoms with van der Waals surface area (Å²) in [5, 5.41) is 9.36. The molecule has 1 saturated heterocycles. The lowest BCUT2D eigenvalue weighted by molar-refractivity contribution is 0.0710. The summed E-state index contributed by atoms with van der Waals surface area (Å²) in [5.41, 5.74) is 4.03. The Balaban J connectivity index is 1.53. The van der Waals surface area contributed by atoms with Gasteiger partial charge in [0.05, 0.1) is 19.3 Å². The summed E-state index contributed by atoms with van der Waals surface area (Å²) in [4.78, 5) is 26.0. The van der Waals surface area contributed by atoms with Crippen LogP contribution >= 0.6 is 11.3 Å². The predicted molar refractivity (Wildman–Crippen MR) is 111 cm³/mol. The minimum atomic E-state index is -2.37. The maximum Gasteiger partial charge on any atom is 0.286 e. The molecule has 1 fully saturated rings. The normalized spacial score (nSPS) is 16.8. The van der Waals surface area contributed by atoms with E-state index >= 15 is 0 Å². The number of nitrogens with zero attached hydrogens (tertiary/aromatic N) is 5. The second-order valence-corrected chi connectivity index (χ2v) is 8.81. The Morgan fingerprint density at radius 3 is 2.40 bits per heavy atom. The number of nitrogens with one attached hydrogen (secondary N) is 1. The summed E-state index contributed by atoms with van der Waals surface area (Å²) in [6, 6.07) is 7.38. The van der Waals surface area contributed by atoms with Gasteiger partial charge in [-0.2, -0.15) is 0 Å². The first-order valence-electron chi connectivity index (χ1n) is 9.02. The van der Waals surface area contributed by atoms with Crippen LogP contribution in [0.25, 0.3) is 11.1 Å². The van der Waals surface area contributed by atoms with E-state index < -0.39 is 17.2 Å². The van der Waals surface area contributed by atoms with Crippen LogP contribution in [-0.2, 0) is 11.3 Å². The first-order valence-corrected chi connectivity index (χ1v) is 10.9.